The van der Waals surface area contributed by atoms with Crippen LogP contribution in [-0.4, -0.2) is 27.8 Å². The van der Waals surface area contributed by atoms with Crippen LogP contribution in [0.4, 0.5) is 10.5 Å². The number of rotatable bonds is 1. The highest BCUT2D eigenvalue weighted by molar-refractivity contribution is 5.78. The molecule has 21 heavy (non-hydrogen) atoms. The summed E-state index contributed by atoms with van der Waals surface area (Å²) in [6.45, 7) is 8.77. The van der Waals surface area contributed by atoms with E-state index < -0.39 is 0 Å². The van der Waals surface area contributed by atoms with Crippen molar-refractivity contribution in [1.29, 1.82) is 0 Å². The Bertz CT molecular complexity index is 614. The Morgan fingerprint density at radius 3 is 2.43 bits per heavy atom. The van der Waals surface area contributed by atoms with E-state index in [-0.39, 0.29) is 22.8 Å². The van der Waals surface area contributed by atoms with Crippen molar-refractivity contribution in [3.05, 3.63) is 30.3 Å². The molecular formula is C17H22N2O2. The zero-order valence-electron chi connectivity index (χ0n) is 13.1. The smallest absolute Gasteiger partial charge is 0.430 e. The average molecular weight is 286 g/mol. The fraction of sp³-hybridized carbons (Fsp3) is 0.588. The molecule has 4 heteroatoms. The zero-order valence-corrected chi connectivity index (χ0v) is 13.1. The van der Waals surface area contributed by atoms with E-state index in [1.165, 1.54) is 0 Å². The maximum atomic E-state index is 12.6. The van der Waals surface area contributed by atoms with Crippen LogP contribution < -0.4 is 5.01 Å². The Hall–Kier alpha value is -1.71. The first-order chi connectivity index (χ1) is 9.82. The summed E-state index contributed by atoms with van der Waals surface area (Å²) in [6.07, 6.45) is 1.83. The highest BCUT2D eigenvalue weighted by Gasteiger charge is 2.76. The van der Waals surface area contributed by atoms with Gasteiger partial charge in [-0.1, -0.05) is 18.2 Å². The molecule has 1 aromatic rings. The number of benzene rings is 1. The minimum atomic E-state index is -0.379. The summed E-state index contributed by atoms with van der Waals surface area (Å²) in [5, 5.41) is 4.05. The number of ether oxygens (including phenoxy) is 1. The van der Waals surface area contributed by atoms with E-state index in [0.29, 0.717) is 5.92 Å². The fourth-order valence-corrected chi connectivity index (χ4v) is 5.03. The second-order valence-electron chi connectivity index (χ2n) is 7.45. The van der Waals surface area contributed by atoms with E-state index in [1.54, 1.807) is 0 Å². The van der Waals surface area contributed by atoms with E-state index in [4.69, 9.17) is 4.74 Å². The van der Waals surface area contributed by atoms with Crippen LogP contribution in [0.1, 0.15) is 40.5 Å². The second-order valence-corrected chi connectivity index (χ2v) is 7.45. The lowest BCUT2D eigenvalue weighted by molar-refractivity contribution is 0.0271. The van der Waals surface area contributed by atoms with E-state index in [2.05, 4.69) is 44.8 Å². The summed E-state index contributed by atoms with van der Waals surface area (Å²) in [5.74, 6) is 0.404. The van der Waals surface area contributed by atoms with Gasteiger partial charge in [-0.25, -0.2) is 9.80 Å². The third-order valence-corrected chi connectivity index (χ3v) is 6.18. The van der Waals surface area contributed by atoms with Gasteiger partial charge in [0.25, 0.3) is 0 Å². The largest absolute Gasteiger partial charge is 0.439 e. The first-order valence-corrected chi connectivity index (χ1v) is 7.71. The maximum Gasteiger partial charge on any atom is 0.430 e. The summed E-state index contributed by atoms with van der Waals surface area (Å²) in [6, 6.07) is 10.2. The zero-order chi connectivity index (χ0) is 15.0. The average Bonchev–Trinajstić information content (AvgIpc) is 2.87. The number of anilines is 1. The van der Waals surface area contributed by atoms with Gasteiger partial charge in [0, 0.05) is 5.92 Å². The Labute approximate surface area is 125 Å². The Kier molecular flexibility index (Phi) is 2.19. The molecule has 1 aromatic carbocycles. The molecule has 0 aromatic heterocycles. The minimum absolute atomic E-state index is 0.104. The van der Waals surface area contributed by atoms with Gasteiger partial charge in [0.15, 0.2) is 0 Å². The molecule has 0 radical (unpaired) electrons. The molecule has 1 saturated carbocycles. The van der Waals surface area contributed by atoms with Crippen molar-refractivity contribution in [1.82, 2.24) is 5.01 Å². The molecule has 0 spiro atoms. The summed E-state index contributed by atoms with van der Waals surface area (Å²) >= 11 is 0. The minimum Gasteiger partial charge on any atom is -0.439 e. The summed E-state index contributed by atoms with van der Waals surface area (Å²) in [5.41, 5.74) is 0.311. The number of carbonyl (C=O) groups is 1. The first-order valence-electron chi connectivity index (χ1n) is 7.71. The van der Waals surface area contributed by atoms with Crippen molar-refractivity contribution in [2.45, 2.75) is 57.2 Å². The van der Waals surface area contributed by atoms with Crippen LogP contribution in [0.3, 0.4) is 0 Å². The maximum absolute atomic E-state index is 12.6. The molecule has 0 bridgehead atoms. The molecule has 1 aliphatic carbocycles. The topological polar surface area (TPSA) is 32.8 Å². The second kappa shape index (κ2) is 3.54. The number of hydrogen-bond acceptors (Lipinski definition) is 3. The van der Waals surface area contributed by atoms with Gasteiger partial charge in [-0.3, -0.25) is 5.01 Å². The van der Waals surface area contributed by atoms with E-state index in [1.807, 2.05) is 23.2 Å². The van der Waals surface area contributed by atoms with Gasteiger partial charge in [0.05, 0.1) is 11.2 Å². The van der Waals surface area contributed by atoms with Gasteiger partial charge in [-0.15, -0.1) is 0 Å². The van der Waals surface area contributed by atoms with Crippen LogP contribution in [0.25, 0.3) is 0 Å². The molecule has 3 fully saturated rings. The molecule has 2 aliphatic heterocycles. The van der Waals surface area contributed by atoms with Gasteiger partial charge < -0.3 is 4.74 Å². The lowest BCUT2D eigenvalue weighted by Gasteiger charge is -2.39. The number of para-hydroxylation sites is 1. The molecule has 112 valence electrons. The Morgan fingerprint density at radius 2 is 1.76 bits per heavy atom. The molecule has 0 N–H and O–H groups in total. The fourth-order valence-electron chi connectivity index (χ4n) is 5.03. The van der Waals surface area contributed by atoms with Crippen LogP contribution in [-0.2, 0) is 4.74 Å². The highest BCUT2D eigenvalue weighted by atomic mass is 16.6. The number of carbonyl (C=O) groups excluding carboxylic acids is 1. The van der Waals surface area contributed by atoms with Crippen LogP contribution >= 0.6 is 0 Å². The predicted octanol–water partition coefficient (Wildman–Crippen LogP) is 3.58. The molecule has 2 saturated heterocycles. The van der Waals surface area contributed by atoms with Crippen LogP contribution in [0.5, 0.6) is 0 Å². The first kappa shape index (κ1) is 13.0. The van der Waals surface area contributed by atoms with Gasteiger partial charge in [-0.2, -0.15) is 0 Å². The van der Waals surface area contributed by atoms with E-state index in [0.717, 1.165) is 18.5 Å². The van der Waals surface area contributed by atoms with Gasteiger partial charge >= 0.3 is 6.09 Å². The molecule has 3 aliphatic rings. The number of amides is 1. The van der Waals surface area contributed by atoms with Gasteiger partial charge in [-0.05, 0) is 52.7 Å². The Balaban J connectivity index is 1.92. The van der Waals surface area contributed by atoms with Crippen molar-refractivity contribution in [2.75, 3.05) is 5.01 Å². The van der Waals surface area contributed by atoms with Crippen LogP contribution in [0, 0.1) is 5.92 Å². The van der Waals surface area contributed by atoms with E-state index in [9.17, 15) is 4.79 Å². The van der Waals surface area contributed by atoms with Crippen molar-refractivity contribution >= 4 is 11.8 Å². The molecule has 1 amide bonds. The summed E-state index contributed by atoms with van der Waals surface area (Å²) in [7, 11) is 0. The summed E-state index contributed by atoms with van der Waals surface area (Å²) < 4.78 is 5.80. The highest BCUT2D eigenvalue weighted by Crippen LogP contribution is 2.63. The number of nitrogens with zero attached hydrogens (tertiary/aromatic N) is 2. The summed E-state index contributed by atoms with van der Waals surface area (Å²) in [4.78, 5) is 12.6. The predicted molar refractivity (Wildman–Crippen MR) is 80.9 cm³/mol. The number of hydrazine groups is 1. The van der Waals surface area contributed by atoms with Crippen molar-refractivity contribution in [2.24, 2.45) is 5.92 Å². The van der Waals surface area contributed by atoms with E-state index >= 15 is 0 Å². The molecule has 3 unspecified atom stereocenters. The third kappa shape index (κ3) is 1.25. The molecule has 2 heterocycles. The lowest BCUT2D eigenvalue weighted by atomic mass is 9.74. The SMILES string of the molecule is CC1(C)C2CCC3(C)OC(=O)N(N1c1ccccc1)C23C. The van der Waals surface area contributed by atoms with Crippen molar-refractivity contribution < 1.29 is 9.53 Å². The standard InChI is InChI=1S/C17H22N2O2/c1-15(2)13-10-11-16(3)17(13,4)19(14(20)21-16)18(15)12-8-6-5-7-9-12/h5-9,13H,10-11H2,1-4H3. The van der Waals surface area contributed by atoms with Gasteiger partial charge in [0.2, 0.25) is 0 Å². The Morgan fingerprint density at radius 1 is 1.10 bits per heavy atom. The molecule has 4 rings (SSSR count). The van der Waals surface area contributed by atoms with Gasteiger partial charge in [0.1, 0.15) is 11.1 Å². The normalized spacial score (nSPS) is 39.6. The van der Waals surface area contributed by atoms with Crippen LogP contribution in [0.2, 0.25) is 0 Å². The molecule has 3 atom stereocenters. The van der Waals surface area contributed by atoms with Crippen molar-refractivity contribution in [3.63, 3.8) is 0 Å². The quantitative estimate of drug-likeness (QED) is 0.791. The molecular weight excluding hydrogens is 264 g/mol. The van der Waals surface area contributed by atoms with Crippen molar-refractivity contribution in [3.8, 4) is 0 Å². The van der Waals surface area contributed by atoms with Crippen LogP contribution in [0.15, 0.2) is 30.3 Å². The molecule has 4 nitrogen and oxygen atoms in total. The monoisotopic (exact) mass is 286 g/mol. The lowest BCUT2D eigenvalue weighted by Crippen LogP contribution is -2.54. The number of hydrogen-bond donors (Lipinski definition) is 0. The third-order valence-electron chi connectivity index (χ3n) is 6.18.